The molecule has 0 saturated carbocycles. The first-order valence-corrected chi connectivity index (χ1v) is 7.04. The van der Waals surface area contributed by atoms with Gasteiger partial charge in [0.1, 0.15) is 11.4 Å². The molecule has 0 aliphatic carbocycles. The topological polar surface area (TPSA) is 21.3 Å². The molecule has 102 valence electrons. The molecule has 0 aliphatic rings. The third-order valence-electron chi connectivity index (χ3n) is 3.39. The van der Waals surface area contributed by atoms with Gasteiger partial charge >= 0.3 is 0 Å². The van der Waals surface area contributed by atoms with Crippen molar-refractivity contribution in [3.8, 4) is 5.75 Å². The van der Waals surface area contributed by atoms with Crippen LogP contribution in [0, 0.1) is 0 Å². The van der Waals surface area contributed by atoms with E-state index < -0.39 is 0 Å². The lowest BCUT2D eigenvalue weighted by molar-refractivity contribution is 0.105. The van der Waals surface area contributed by atoms with E-state index in [2.05, 4.69) is 64.2 Å². The van der Waals surface area contributed by atoms with Crippen molar-refractivity contribution in [3.63, 3.8) is 0 Å². The molecular weight excluding hydrogens is 222 g/mol. The van der Waals surface area contributed by atoms with Gasteiger partial charge < -0.3 is 10.1 Å². The molecule has 0 saturated heterocycles. The number of nitrogens with one attached hydrogen (secondary N) is 1. The second-order valence-electron chi connectivity index (χ2n) is 5.30. The van der Waals surface area contributed by atoms with Gasteiger partial charge in [-0.15, -0.1) is 0 Å². The molecule has 18 heavy (non-hydrogen) atoms. The van der Waals surface area contributed by atoms with Crippen molar-refractivity contribution in [1.82, 2.24) is 5.32 Å². The summed E-state index contributed by atoms with van der Waals surface area (Å²) in [5.41, 5.74) is 1.24. The van der Waals surface area contributed by atoms with Crippen molar-refractivity contribution < 1.29 is 4.74 Å². The molecule has 0 radical (unpaired) electrons. The average Bonchev–Trinajstić information content (AvgIpc) is 2.37. The highest BCUT2D eigenvalue weighted by atomic mass is 16.5. The number of benzene rings is 1. The van der Waals surface area contributed by atoms with Crippen molar-refractivity contribution in [1.29, 1.82) is 0 Å². The minimum Gasteiger partial charge on any atom is -0.488 e. The summed E-state index contributed by atoms with van der Waals surface area (Å²) in [5.74, 6) is 0.956. The van der Waals surface area contributed by atoms with Crippen LogP contribution in [0.2, 0.25) is 0 Å². The van der Waals surface area contributed by atoms with E-state index in [9.17, 15) is 0 Å². The highest BCUT2D eigenvalue weighted by molar-refractivity contribution is 5.29. The maximum absolute atomic E-state index is 5.96. The summed E-state index contributed by atoms with van der Waals surface area (Å²) in [7, 11) is 0. The van der Waals surface area contributed by atoms with Gasteiger partial charge in [-0.1, -0.05) is 32.9 Å². The Bertz CT molecular complexity index is 343. The van der Waals surface area contributed by atoms with E-state index in [0.717, 1.165) is 25.1 Å². The van der Waals surface area contributed by atoms with Gasteiger partial charge in [0, 0.05) is 6.04 Å². The van der Waals surface area contributed by atoms with Gasteiger partial charge in [0.2, 0.25) is 0 Å². The molecule has 1 aromatic rings. The lowest BCUT2D eigenvalue weighted by Gasteiger charge is -2.25. The maximum Gasteiger partial charge on any atom is 0.120 e. The van der Waals surface area contributed by atoms with Gasteiger partial charge in [0.15, 0.2) is 0 Å². The highest BCUT2D eigenvalue weighted by Gasteiger charge is 2.16. The van der Waals surface area contributed by atoms with E-state index in [4.69, 9.17) is 4.74 Å². The smallest absolute Gasteiger partial charge is 0.120 e. The third kappa shape index (κ3) is 4.34. The van der Waals surface area contributed by atoms with E-state index in [0.29, 0.717) is 6.04 Å². The summed E-state index contributed by atoms with van der Waals surface area (Å²) in [4.78, 5) is 0. The predicted octanol–water partition coefficient (Wildman–Crippen LogP) is 4.31. The van der Waals surface area contributed by atoms with Crippen LogP contribution in [0.15, 0.2) is 24.3 Å². The normalized spacial score (nSPS) is 13.4. The summed E-state index contributed by atoms with van der Waals surface area (Å²) in [6, 6.07) is 8.93. The van der Waals surface area contributed by atoms with Crippen LogP contribution in [0.25, 0.3) is 0 Å². The molecule has 1 aromatic carbocycles. The summed E-state index contributed by atoms with van der Waals surface area (Å²) in [6.07, 6.45) is 2.11. The van der Waals surface area contributed by atoms with Crippen LogP contribution in [0.5, 0.6) is 5.75 Å². The van der Waals surface area contributed by atoms with E-state index in [1.165, 1.54) is 5.56 Å². The quantitative estimate of drug-likeness (QED) is 0.777. The molecule has 0 heterocycles. The van der Waals surface area contributed by atoms with Crippen molar-refractivity contribution in [2.24, 2.45) is 0 Å². The van der Waals surface area contributed by atoms with Crippen LogP contribution in [-0.4, -0.2) is 12.1 Å². The molecule has 0 amide bonds. The molecule has 0 aliphatic heterocycles. The van der Waals surface area contributed by atoms with Gasteiger partial charge in [0.25, 0.3) is 0 Å². The monoisotopic (exact) mass is 249 g/mol. The number of rotatable bonds is 7. The minimum absolute atomic E-state index is 0.0899. The molecule has 2 nitrogen and oxygen atoms in total. The Morgan fingerprint density at radius 1 is 1.11 bits per heavy atom. The summed E-state index contributed by atoms with van der Waals surface area (Å²) < 4.78 is 5.96. The second-order valence-corrected chi connectivity index (χ2v) is 5.30. The van der Waals surface area contributed by atoms with E-state index in [1.54, 1.807) is 0 Å². The predicted molar refractivity (Wildman–Crippen MR) is 78.1 cm³/mol. The molecule has 1 N–H and O–H groups in total. The fourth-order valence-corrected chi connectivity index (χ4v) is 1.90. The molecule has 0 aromatic heterocycles. The highest BCUT2D eigenvalue weighted by Crippen LogP contribution is 2.24. The van der Waals surface area contributed by atoms with Gasteiger partial charge in [0.05, 0.1) is 0 Å². The van der Waals surface area contributed by atoms with Crippen LogP contribution >= 0.6 is 0 Å². The van der Waals surface area contributed by atoms with E-state index >= 15 is 0 Å². The Balaban J connectivity index is 2.73. The Morgan fingerprint density at radius 2 is 1.72 bits per heavy atom. The van der Waals surface area contributed by atoms with Crippen LogP contribution in [0.1, 0.15) is 59.1 Å². The van der Waals surface area contributed by atoms with E-state index in [1.807, 2.05) is 0 Å². The fourth-order valence-electron chi connectivity index (χ4n) is 1.90. The molecule has 1 unspecified atom stereocenters. The zero-order valence-corrected chi connectivity index (χ0v) is 12.4. The Hall–Kier alpha value is -1.02. The van der Waals surface area contributed by atoms with E-state index in [-0.39, 0.29) is 5.60 Å². The van der Waals surface area contributed by atoms with Crippen molar-refractivity contribution in [2.45, 2.75) is 59.1 Å². The number of ether oxygens (including phenoxy) is 1. The molecule has 0 fully saturated rings. The average molecular weight is 249 g/mol. The van der Waals surface area contributed by atoms with Gasteiger partial charge in [-0.3, -0.25) is 0 Å². The molecule has 0 bridgehead atoms. The van der Waals surface area contributed by atoms with Gasteiger partial charge in [-0.05, 0) is 50.9 Å². The largest absolute Gasteiger partial charge is 0.488 e. The van der Waals surface area contributed by atoms with Crippen molar-refractivity contribution in [2.75, 3.05) is 6.54 Å². The number of hydrogen-bond acceptors (Lipinski definition) is 2. The molecule has 2 heteroatoms. The first kappa shape index (κ1) is 15.0. The fraction of sp³-hybridized carbons (Fsp3) is 0.625. The second kappa shape index (κ2) is 6.79. The number of hydrogen-bond donors (Lipinski definition) is 1. The molecule has 1 rings (SSSR count). The maximum atomic E-state index is 5.96. The van der Waals surface area contributed by atoms with Crippen LogP contribution in [0.3, 0.4) is 0 Å². The van der Waals surface area contributed by atoms with Crippen molar-refractivity contribution in [3.05, 3.63) is 29.8 Å². The Kier molecular flexibility index (Phi) is 5.67. The van der Waals surface area contributed by atoms with Crippen LogP contribution in [-0.2, 0) is 0 Å². The zero-order valence-electron chi connectivity index (χ0n) is 12.4. The third-order valence-corrected chi connectivity index (χ3v) is 3.39. The van der Waals surface area contributed by atoms with Crippen molar-refractivity contribution >= 4 is 0 Å². The lowest BCUT2D eigenvalue weighted by atomic mass is 10.0. The van der Waals surface area contributed by atoms with Gasteiger partial charge in [-0.25, -0.2) is 0 Å². The first-order valence-electron chi connectivity index (χ1n) is 7.04. The summed E-state index contributed by atoms with van der Waals surface area (Å²) in [5, 5.41) is 3.49. The standard InChI is InChI=1S/C16H27NO/c1-6-15(17-8-3)13-9-11-14(12-10-13)18-16(4,5)7-2/h9-12,15,17H,6-8H2,1-5H3. The lowest BCUT2D eigenvalue weighted by Crippen LogP contribution is -2.26. The zero-order chi connectivity index (χ0) is 13.6. The molecular formula is C16H27NO. The summed E-state index contributed by atoms with van der Waals surface area (Å²) in [6.45, 7) is 11.7. The summed E-state index contributed by atoms with van der Waals surface area (Å²) >= 11 is 0. The minimum atomic E-state index is -0.0899. The van der Waals surface area contributed by atoms with Crippen LogP contribution in [0.4, 0.5) is 0 Å². The molecule has 0 spiro atoms. The first-order chi connectivity index (χ1) is 8.52. The Morgan fingerprint density at radius 3 is 2.17 bits per heavy atom. The molecule has 1 atom stereocenters. The van der Waals surface area contributed by atoms with Gasteiger partial charge in [-0.2, -0.15) is 0 Å². The SMILES string of the molecule is CCNC(CC)c1ccc(OC(C)(C)CC)cc1. The van der Waals surface area contributed by atoms with Crippen LogP contribution < -0.4 is 10.1 Å². The Labute approximate surface area is 112 Å².